The summed E-state index contributed by atoms with van der Waals surface area (Å²) in [5.41, 5.74) is 6.64. The molecule has 0 saturated heterocycles. The van der Waals surface area contributed by atoms with Crippen molar-refractivity contribution in [1.82, 2.24) is 5.32 Å². The molecule has 0 unspecified atom stereocenters. The van der Waals surface area contributed by atoms with Gasteiger partial charge in [0.15, 0.2) is 0 Å². The van der Waals surface area contributed by atoms with Crippen LogP contribution >= 0.6 is 0 Å². The second-order valence-corrected chi connectivity index (χ2v) is 2.45. The van der Waals surface area contributed by atoms with Crippen molar-refractivity contribution in [3.05, 3.63) is 35.9 Å². The zero-order valence-electron chi connectivity index (χ0n) is 7.74. The molecule has 0 saturated carbocycles. The Labute approximate surface area is 79.1 Å². The number of nitrogens with one attached hydrogen (secondary N) is 1. The molecule has 0 amide bonds. The van der Waals surface area contributed by atoms with Gasteiger partial charge in [-0.05, 0) is 5.56 Å². The van der Waals surface area contributed by atoms with E-state index in [9.17, 15) is 0 Å². The molecule has 74 valence electrons. The number of nitrogens with two attached hydrogens (primary N) is 3. The predicted molar refractivity (Wildman–Crippen MR) is 55.6 cm³/mol. The maximum atomic E-state index is 5.33. The first kappa shape index (κ1) is 12.1. The number of hydrazine groups is 1. The Morgan fingerprint density at radius 3 is 2.23 bits per heavy atom. The summed E-state index contributed by atoms with van der Waals surface area (Å²) in [5.74, 6) is 8.00. The summed E-state index contributed by atoms with van der Waals surface area (Å²) in [6.07, 6.45) is 0. The normalized spacial score (nSPS) is 8.85. The molecule has 0 aromatic heterocycles. The maximum Gasteiger partial charge on any atom is 0.0206 e. The lowest BCUT2D eigenvalue weighted by molar-refractivity contribution is 0.695. The fraction of sp³-hybridized carbons (Fsp3) is 0.333. The van der Waals surface area contributed by atoms with Gasteiger partial charge in [-0.15, -0.1) is 0 Å². The van der Waals surface area contributed by atoms with Gasteiger partial charge in [-0.2, -0.15) is 0 Å². The quantitative estimate of drug-likeness (QED) is 0.288. The van der Waals surface area contributed by atoms with Crippen LogP contribution in [0.5, 0.6) is 0 Å². The smallest absolute Gasteiger partial charge is 0.0206 e. The first-order valence-electron chi connectivity index (χ1n) is 4.21. The van der Waals surface area contributed by atoms with Crippen molar-refractivity contribution in [3.63, 3.8) is 0 Å². The fourth-order valence-electron chi connectivity index (χ4n) is 0.931. The lowest BCUT2D eigenvalue weighted by Gasteiger charge is -2.01. The van der Waals surface area contributed by atoms with Crippen LogP contribution in [-0.2, 0) is 6.54 Å². The summed E-state index contributed by atoms with van der Waals surface area (Å²) < 4.78 is 0. The van der Waals surface area contributed by atoms with Crippen molar-refractivity contribution in [3.8, 4) is 0 Å². The second-order valence-electron chi connectivity index (χ2n) is 2.45. The van der Waals surface area contributed by atoms with E-state index in [1.54, 1.807) is 0 Å². The molecule has 0 atom stereocenters. The molecule has 0 aliphatic carbocycles. The summed E-state index contributed by atoms with van der Waals surface area (Å²) in [7, 11) is 0. The Kier molecular flexibility index (Phi) is 8.49. The predicted octanol–water partition coefficient (Wildman–Crippen LogP) is -0.446. The van der Waals surface area contributed by atoms with Crippen molar-refractivity contribution >= 4 is 0 Å². The van der Waals surface area contributed by atoms with Gasteiger partial charge in [0, 0.05) is 19.6 Å². The van der Waals surface area contributed by atoms with E-state index < -0.39 is 0 Å². The number of benzene rings is 1. The summed E-state index contributed by atoms with van der Waals surface area (Å²) >= 11 is 0. The minimum Gasteiger partial charge on any atom is -0.329 e. The molecule has 0 bridgehead atoms. The fourth-order valence-corrected chi connectivity index (χ4v) is 0.931. The van der Waals surface area contributed by atoms with Crippen LogP contribution in [0.4, 0.5) is 0 Å². The molecule has 1 rings (SSSR count). The molecule has 0 aliphatic rings. The van der Waals surface area contributed by atoms with Crippen LogP contribution in [0.1, 0.15) is 5.56 Å². The van der Waals surface area contributed by atoms with E-state index in [-0.39, 0.29) is 0 Å². The highest BCUT2D eigenvalue weighted by molar-refractivity contribution is 5.14. The minimum absolute atomic E-state index is 0.701. The molecule has 1 aromatic rings. The largest absolute Gasteiger partial charge is 0.329 e. The lowest BCUT2D eigenvalue weighted by Crippen LogP contribution is -2.21. The van der Waals surface area contributed by atoms with Crippen LogP contribution < -0.4 is 22.7 Å². The Balaban J connectivity index is 0.000000671. The van der Waals surface area contributed by atoms with E-state index in [4.69, 9.17) is 5.73 Å². The van der Waals surface area contributed by atoms with Gasteiger partial charge in [-0.25, -0.2) is 0 Å². The van der Waals surface area contributed by atoms with Crippen molar-refractivity contribution in [2.75, 3.05) is 13.1 Å². The van der Waals surface area contributed by atoms with Crippen LogP contribution in [0.15, 0.2) is 30.3 Å². The highest BCUT2D eigenvalue weighted by Crippen LogP contribution is 1.96. The van der Waals surface area contributed by atoms with Gasteiger partial charge in [0.2, 0.25) is 0 Å². The van der Waals surface area contributed by atoms with Gasteiger partial charge in [0.05, 0.1) is 0 Å². The van der Waals surface area contributed by atoms with E-state index in [0.717, 1.165) is 13.1 Å². The monoisotopic (exact) mass is 182 g/mol. The standard InChI is InChI=1S/C9H14N2.H4N2/c10-6-7-11-8-9-4-2-1-3-5-9;1-2/h1-5,11H,6-8,10H2;1-2H2. The Morgan fingerprint density at radius 1 is 1.08 bits per heavy atom. The lowest BCUT2D eigenvalue weighted by atomic mass is 10.2. The third-order valence-corrected chi connectivity index (χ3v) is 1.49. The molecule has 4 nitrogen and oxygen atoms in total. The first-order chi connectivity index (χ1) is 6.43. The van der Waals surface area contributed by atoms with Gasteiger partial charge in [0.25, 0.3) is 0 Å². The number of rotatable bonds is 4. The second kappa shape index (κ2) is 9.15. The van der Waals surface area contributed by atoms with Crippen LogP contribution in [0.25, 0.3) is 0 Å². The van der Waals surface area contributed by atoms with Crippen molar-refractivity contribution < 1.29 is 0 Å². The Bertz CT molecular complexity index is 188. The van der Waals surface area contributed by atoms with Gasteiger partial charge in [0.1, 0.15) is 0 Å². The third-order valence-electron chi connectivity index (χ3n) is 1.49. The van der Waals surface area contributed by atoms with Crippen molar-refractivity contribution in [1.29, 1.82) is 0 Å². The van der Waals surface area contributed by atoms with E-state index in [1.807, 2.05) is 18.2 Å². The number of hydrogen-bond donors (Lipinski definition) is 4. The van der Waals surface area contributed by atoms with Crippen LogP contribution in [0.3, 0.4) is 0 Å². The molecule has 4 heteroatoms. The Morgan fingerprint density at radius 2 is 1.69 bits per heavy atom. The molecule has 1 aromatic carbocycles. The zero-order valence-corrected chi connectivity index (χ0v) is 7.74. The van der Waals surface area contributed by atoms with Gasteiger partial charge < -0.3 is 11.1 Å². The molecule has 0 radical (unpaired) electrons. The number of hydrogen-bond acceptors (Lipinski definition) is 4. The van der Waals surface area contributed by atoms with Crippen LogP contribution in [0.2, 0.25) is 0 Å². The third kappa shape index (κ3) is 6.24. The van der Waals surface area contributed by atoms with Crippen LogP contribution in [0, 0.1) is 0 Å². The van der Waals surface area contributed by atoms with E-state index in [2.05, 4.69) is 29.1 Å². The highest BCUT2D eigenvalue weighted by atomic mass is 15.0. The zero-order chi connectivity index (χ0) is 9.94. The molecular formula is C9H18N4. The first-order valence-corrected chi connectivity index (χ1v) is 4.21. The van der Waals surface area contributed by atoms with Crippen molar-refractivity contribution in [2.24, 2.45) is 17.4 Å². The summed E-state index contributed by atoms with van der Waals surface area (Å²) in [6.45, 7) is 2.50. The summed E-state index contributed by atoms with van der Waals surface area (Å²) in [6, 6.07) is 10.3. The highest BCUT2D eigenvalue weighted by Gasteiger charge is 1.87. The molecule has 0 fully saturated rings. The molecule has 0 aliphatic heterocycles. The van der Waals surface area contributed by atoms with Crippen LogP contribution in [-0.4, -0.2) is 13.1 Å². The van der Waals surface area contributed by atoms with E-state index >= 15 is 0 Å². The molecule has 13 heavy (non-hydrogen) atoms. The molecule has 0 heterocycles. The SMILES string of the molecule is NCCNCc1ccccc1.NN. The average Bonchev–Trinajstić information content (AvgIpc) is 2.23. The topological polar surface area (TPSA) is 90.1 Å². The van der Waals surface area contributed by atoms with Gasteiger partial charge in [-0.3, -0.25) is 11.7 Å². The molecule has 0 spiro atoms. The minimum atomic E-state index is 0.701. The Hall–Kier alpha value is -0.940. The molecule has 7 N–H and O–H groups in total. The summed E-state index contributed by atoms with van der Waals surface area (Å²) in [4.78, 5) is 0. The average molecular weight is 182 g/mol. The van der Waals surface area contributed by atoms with E-state index in [0.29, 0.717) is 6.54 Å². The van der Waals surface area contributed by atoms with Crippen molar-refractivity contribution in [2.45, 2.75) is 6.54 Å². The van der Waals surface area contributed by atoms with Gasteiger partial charge >= 0.3 is 0 Å². The summed E-state index contributed by atoms with van der Waals surface area (Å²) in [5, 5.41) is 3.23. The maximum absolute atomic E-state index is 5.33. The molecular weight excluding hydrogens is 164 g/mol. The van der Waals surface area contributed by atoms with Gasteiger partial charge in [-0.1, -0.05) is 30.3 Å². The van der Waals surface area contributed by atoms with E-state index in [1.165, 1.54) is 5.56 Å².